The normalized spacial score (nSPS) is 30.9. The van der Waals surface area contributed by atoms with E-state index < -0.39 is 60.0 Å². The maximum absolute atomic E-state index is 13.2. The lowest BCUT2D eigenvalue weighted by molar-refractivity contribution is -0.144. The smallest absolute Gasteiger partial charge is 0.258 e. The summed E-state index contributed by atoms with van der Waals surface area (Å²) in [5, 5.41) is 35.9. The second kappa shape index (κ2) is 30.0. The number of benzene rings is 2. The Morgan fingerprint density at radius 3 is 1.46 bits per heavy atom. The molecular weight excluding hydrogens is 993 g/mol. The molecule has 8 N–H and O–H groups in total. The number of carbonyl (C=O) groups is 8. The van der Waals surface area contributed by atoms with Crippen LogP contribution in [0.25, 0.3) is 6.08 Å². The maximum atomic E-state index is 13.2. The molecule has 18 heteroatoms. The Hall–Kier alpha value is -5.82. The first-order chi connectivity index (χ1) is 36.9. The summed E-state index contributed by atoms with van der Waals surface area (Å²) in [5.74, 6) is -4.75. The number of amides is 6. The van der Waals surface area contributed by atoms with Gasteiger partial charge in [0.1, 0.15) is 35.7 Å². The standard InChI is InChI=1S/C30H46N4O5.C30H44N4O5.H2/c2*1-18(2)24-17-27(36)19(3)26(35)14-7-6-10-22-11-8-12-23(16-22)20(4)31-29(38)25-13-9-15-34(33-25)30(39)21(5)32-28(24)37;/h8,11-12,16,18-21,24-26,33,35H,6-7,9-10,13-15,17H2,1-5H3,(H,31,38)(H,32,37);6,8,10-12,16,18-21,24-26,33,35H,7,9,13-15,17H2,1-5H3,(H,31,38)(H,32,37);1H/b;10-6+;/t2*19-,20-,21+,24+,25+,26-;/m11./s1. The molecule has 0 saturated carbocycles. The first kappa shape index (κ1) is 63.0. The molecule has 8 bridgehead atoms. The molecule has 2 aromatic carbocycles. The third-order valence-electron chi connectivity index (χ3n) is 16.0. The molecule has 4 aliphatic rings. The molecule has 0 unspecified atom stereocenters. The molecule has 2 fully saturated rings. The van der Waals surface area contributed by atoms with E-state index >= 15 is 0 Å². The average molecular weight is 1090 g/mol. The fourth-order valence-corrected chi connectivity index (χ4v) is 10.4. The molecule has 4 heterocycles. The van der Waals surface area contributed by atoms with E-state index in [1.165, 1.54) is 10.0 Å². The molecular formula is C60H92N8O10. The van der Waals surface area contributed by atoms with Gasteiger partial charge in [0.2, 0.25) is 23.6 Å². The minimum absolute atomic E-state index is 0. The van der Waals surface area contributed by atoms with E-state index in [4.69, 9.17) is 0 Å². The van der Waals surface area contributed by atoms with Crippen LogP contribution in [0.15, 0.2) is 54.6 Å². The van der Waals surface area contributed by atoms with E-state index in [-0.39, 0.29) is 85.2 Å². The lowest BCUT2D eigenvalue weighted by atomic mass is 9.84. The number of allylic oxidation sites excluding steroid dienone is 1. The first-order valence-corrected chi connectivity index (χ1v) is 28.6. The van der Waals surface area contributed by atoms with Crippen LogP contribution in [-0.4, -0.2) is 117 Å². The zero-order valence-electron chi connectivity index (χ0n) is 47.8. The quantitative estimate of drug-likeness (QED) is 0.173. The van der Waals surface area contributed by atoms with E-state index in [1.54, 1.807) is 27.7 Å². The van der Waals surface area contributed by atoms with Crippen molar-refractivity contribution in [1.29, 1.82) is 0 Å². The highest BCUT2D eigenvalue weighted by atomic mass is 16.3. The fraction of sp³-hybridized carbons (Fsp3) is 0.633. The highest BCUT2D eigenvalue weighted by molar-refractivity contribution is 5.93. The zero-order chi connectivity index (χ0) is 57.4. The van der Waals surface area contributed by atoms with Gasteiger partial charge in [0, 0.05) is 51.0 Å². The molecule has 2 saturated heterocycles. The van der Waals surface area contributed by atoms with E-state index in [2.05, 4.69) is 44.3 Å². The number of aryl methyl sites for hydroxylation is 1. The number of aliphatic hydroxyl groups is 2. The molecule has 12 atom stereocenters. The van der Waals surface area contributed by atoms with Crippen molar-refractivity contribution in [2.24, 2.45) is 35.5 Å². The molecule has 6 rings (SSSR count). The van der Waals surface area contributed by atoms with E-state index in [9.17, 15) is 48.6 Å². The third-order valence-corrected chi connectivity index (χ3v) is 16.0. The molecule has 0 aromatic heterocycles. The van der Waals surface area contributed by atoms with Gasteiger partial charge in [-0.15, -0.1) is 0 Å². The van der Waals surface area contributed by atoms with Crippen LogP contribution >= 0.6 is 0 Å². The summed E-state index contributed by atoms with van der Waals surface area (Å²) >= 11 is 0. The van der Waals surface area contributed by atoms with Crippen LogP contribution in [0.4, 0.5) is 0 Å². The molecule has 2 aromatic rings. The number of fused-ring (bicyclic) bond motifs is 8. The summed E-state index contributed by atoms with van der Waals surface area (Å²) in [6.45, 7) is 18.9. The summed E-state index contributed by atoms with van der Waals surface area (Å²) < 4.78 is 0. The average Bonchev–Trinajstić information content (AvgIpc) is 3.42. The Morgan fingerprint density at radius 2 is 0.974 bits per heavy atom. The molecule has 0 spiro atoms. The van der Waals surface area contributed by atoms with Crippen molar-refractivity contribution in [3.63, 3.8) is 0 Å². The van der Waals surface area contributed by atoms with Crippen LogP contribution in [0.5, 0.6) is 0 Å². The Bertz CT molecular complexity index is 2440. The van der Waals surface area contributed by atoms with Crippen LogP contribution in [0.1, 0.15) is 176 Å². The molecule has 432 valence electrons. The van der Waals surface area contributed by atoms with Gasteiger partial charge in [0.25, 0.3) is 11.8 Å². The number of ketones is 2. The molecule has 0 aliphatic carbocycles. The topological polar surface area (TPSA) is 256 Å². The number of hydrazine groups is 2. The predicted octanol–water partition coefficient (Wildman–Crippen LogP) is 5.96. The van der Waals surface area contributed by atoms with Crippen molar-refractivity contribution in [2.45, 2.75) is 195 Å². The molecule has 18 nitrogen and oxygen atoms in total. The second-order valence-corrected chi connectivity index (χ2v) is 22.9. The Labute approximate surface area is 463 Å². The number of nitrogens with zero attached hydrogens (tertiary/aromatic N) is 2. The Kier molecular flexibility index (Phi) is 24.2. The van der Waals surface area contributed by atoms with Gasteiger partial charge >= 0.3 is 0 Å². The summed E-state index contributed by atoms with van der Waals surface area (Å²) in [4.78, 5) is 105. The summed E-state index contributed by atoms with van der Waals surface area (Å²) in [5.41, 5.74) is 10.2. The highest BCUT2D eigenvalue weighted by Gasteiger charge is 2.37. The second-order valence-electron chi connectivity index (χ2n) is 22.9. The molecule has 0 radical (unpaired) electrons. The summed E-state index contributed by atoms with van der Waals surface area (Å²) in [7, 11) is 0. The number of rotatable bonds is 2. The van der Waals surface area contributed by atoms with Crippen LogP contribution in [0, 0.1) is 35.5 Å². The van der Waals surface area contributed by atoms with Gasteiger partial charge in [0.15, 0.2) is 0 Å². The van der Waals surface area contributed by atoms with Crippen molar-refractivity contribution >= 4 is 53.1 Å². The maximum Gasteiger partial charge on any atom is 0.258 e. The van der Waals surface area contributed by atoms with Gasteiger partial charge in [0.05, 0.1) is 24.3 Å². The zero-order valence-corrected chi connectivity index (χ0v) is 47.8. The van der Waals surface area contributed by atoms with E-state index in [0.717, 1.165) is 41.5 Å². The lowest BCUT2D eigenvalue weighted by Crippen LogP contribution is -2.61. The number of hydrogen-bond acceptors (Lipinski definition) is 12. The number of Topliss-reactive ketones (excluding diaryl/α,β-unsaturated/α-hetero) is 2. The van der Waals surface area contributed by atoms with Gasteiger partial charge in [-0.25, -0.2) is 10.9 Å². The van der Waals surface area contributed by atoms with Crippen molar-refractivity contribution in [3.8, 4) is 0 Å². The number of carbonyl (C=O) groups excluding carboxylic acids is 8. The van der Waals surface area contributed by atoms with Crippen LogP contribution in [-0.2, 0) is 44.8 Å². The molecule has 6 amide bonds. The van der Waals surface area contributed by atoms with Crippen molar-refractivity contribution < 1.29 is 50.0 Å². The highest BCUT2D eigenvalue weighted by Crippen LogP contribution is 2.26. The predicted molar refractivity (Wildman–Crippen MR) is 301 cm³/mol. The summed E-state index contributed by atoms with van der Waals surface area (Å²) in [6.07, 6.45) is 8.84. The largest absolute Gasteiger partial charge is 0.392 e. The monoisotopic (exact) mass is 1080 g/mol. The van der Waals surface area contributed by atoms with Crippen LogP contribution < -0.4 is 32.1 Å². The van der Waals surface area contributed by atoms with E-state index in [0.29, 0.717) is 58.0 Å². The first-order valence-electron chi connectivity index (χ1n) is 28.6. The van der Waals surface area contributed by atoms with E-state index in [1.807, 2.05) is 90.1 Å². The van der Waals surface area contributed by atoms with Crippen LogP contribution in [0.2, 0.25) is 0 Å². The third kappa shape index (κ3) is 18.1. The Morgan fingerprint density at radius 1 is 0.526 bits per heavy atom. The van der Waals surface area contributed by atoms with Gasteiger partial charge in [-0.1, -0.05) is 103 Å². The van der Waals surface area contributed by atoms with Crippen molar-refractivity contribution in [3.05, 3.63) is 76.9 Å². The fourth-order valence-electron chi connectivity index (χ4n) is 10.4. The van der Waals surface area contributed by atoms with Gasteiger partial charge in [-0.3, -0.25) is 48.4 Å². The number of nitrogens with one attached hydrogen (secondary N) is 6. The Balaban J connectivity index is 0.000000336. The number of aliphatic hydroxyl groups excluding tert-OH is 2. The molecule has 78 heavy (non-hydrogen) atoms. The van der Waals surface area contributed by atoms with Gasteiger partial charge < -0.3 is 31.5 Å². The molecule has 4 aliphatic heterocycles. The van der Waals surface area contributed by atoms with Gasteiger partial charge in [-0.2, -0.15) is 0 Å². The SMILES string of the molecule is CC(C)[C@@H]1CC(=O)[C@H](C)[C@H](O)CC/C=C/c2cccc(c2)[C@@H](C)NC(=O)[C@@H]2CCCN(N2)C(=O)[C@H](C)NC1=O.CC(C)[C@@H]1CC(=O)[C@H](C)[C@H](O)CCCCc2cccc(c2)[C@@H](C)NC(=O)[C@@H]2CCCN(N2)C(=O)[C@H](C)NC1=O.[HH]. The summed E-state index contributed by atoms with van der Waals surface area (Å²) in [6, 6.07) is 12.8. The minimum Gasteiger partial charge on any atom is -0.392 e. The number of hydrogen-bond donors (Lipinski definition) is 8. The van der Waals surface area contributed by atoms with Crippen LogP contribution in [0.3, 0.4) is 0 Å². The van der Waals surface area contributed by atoms with Gasteiger partial charge in [-0.05, 0) is 126 Å². The van der Waals surface area contributed by atoms with Crippen molar-refractivity contribution in [1.82, 2.24) is 42.1 Å². The minimum atomic E-state index is -0.836. The lowest BCUT2D eigenvalue weighted by Gasteiger charge is -2.35. The van der Waals surface area contributed by atoms with Crippen molar-refractivity contribution in [2.75, 3.05) is 13.1 Å².